The van der Waals surface area contributed by atoms with Gasteiger partial charge in [0.25, 0.3) is 0 Å². The minimum Gasteiger partial charge on any atom is -0.493 e. The van der Waals surface area contributed by atoms with Crippen LogP contribution in [0.2, 0.25) is 0 Å². The molecular weight excluding hydrogens is 348 g/mol. The maximum absolute atomic E-state index is 12.8. The third-order valence-corrected chi connectivity index (χ3v) is 3.56. The fraction of sp³-hybridized carbons (Fsp3) is 0.125. The predicted molar refractivity (Wildman–Crippen MR) is 88.1 cm³/mol. The monoisotopic (exact) mass is 360 g/mol. The van der Waals surface area contributed by atoms with Gasteiger partial charge in [-0.2, -0.15) is 0 Å². The van der Waals surface area contributed by atoms with Crippen molar-refractivity contribution < 1.29 is 28.9 Å². The number of nitro benzene ring substituents is 2. The van der Waals surface area contributed by atoms with Crippen LogP contribution in [0.15, 0.2) is 30.3 Å². The Hall–Kier alpha value is -3.82. The molecule has 26 heavy (non-hydrogen) atoms. The van der Waals surface area contributed by atoms with Gasteiger partial charge in [0, 0.05) is 23.3 Å². The van der Waals surface area contributed by atoms with Crippen molar-refractivity contribution in [3.8, 4) is 11.5 Å². The molecule has 0 radical (unpaired) electrons. The van der Waals surface area contributed by atoms with E-state index in [1.165, 1.54) is 26.4 Å². The number of benzene rings is 2. The summed E-state index contributed by atoms with van der Waals surface area (Å²) < 4.78 is 10.2. The summed E-state index contributed by atoms with van der Waals surface area (Å²) in [4.78, 5) is 44.2. The Morgan fingerprint density at radius 2 is 1.65 bits per heavy atom. The van der Waals surface area contributed by atoms with Crippen LogP contribution >= 0.6 is 0 Å². The van der Waals surface area contributed by atoms with Crippen molar-refractivity contribution in [1.29, 1.82) is 0 Å². The second-order valence-corrected chi connectivity index (χ2v) is 4.93. The van der Waals surface area contributed by atoms with Crippen molar-refractivity contribution in [3.63, 3.8) is 0 Å². The number of carbonyl (C=O) groups excluding carboxylic acids is 2. The van der Waals surface area contributed by atoms with Gasteiger partial charge in [0.05, 0.1) is 29.6 Å². The van der Waals surface area contributed by atoms with E-state index in [1.807, 2.05) is 0 Å². The van der Waals surface area contributed by atoms with Crippen molar-refractivity contribution in [2.45, 2.75) is 0 Å². The molecule has 2 aromatic carbocycles. The SMILES string of the molecule is COc1ccc(C=O)c(C(=O)c2ccc([N+](=O)[O-])c([N+](=O)[O-])c2)c1OC. The minimum absolute atomic E-state index is 0.0198. The summed E-state index contributed by atoms with van der Waals surface area (Å²) in [6, 6.07) is 5.48. The van der Waals surface area contributed by atoms with Gasteiger partial charge in [-0.15, -0.1) is 0 Å². The highest BCUT2D eigenvalue weighted by molar-refractivity contribution is 6.15. The summed E-state index contributed by atoms with van der Waals surface area (Å²) in [6.07, 6.45) is 0.426. The zero-order valence-corrected chi connectivity index (χ0v) is 13.6. The van der Waals surface area contributed by atoms with Crippen LogP contribution < -0.4 is 9.47 Å². The molecule has 10 nitrogen and oxygen atoms in total. The first-order chi connectivity index (χ1) is 12.3. The van der Waals surface area contributed by atoms with Gasteiger partial charge in [0.1, 0.15) is 0 Å². The Morgan fingerprint density at radius 3 is 2.15 bits per heavy atom. The van der Waals surface area contributed by atoms with E-state index in [0.717, 1.165) is 18.2 Å². The highest BCUT2D eigenvalue weighted by atomic mass is 16.6. The first-order valence-corrected chi connectivity index (χ1v) is 7.03. The van der Waals surface area contributed by atoms with Crippen molar-refractivity contribution in [3.05, 3.63) is 67.3 Å². The number of ketones is 1. The van der Waals surface area contributed by atoms with Gasteiger partial charge in [-0.05, 0) is 18.2 Å². The molecule has 0 N–H and O–H groups in total. The molecule has 0 bridgehead atoms. The van der Waals surface area contributed by atoms with Crippen molar-refractivity contribution in [2.24, 2.45) is 0 Å². The molecule has 0 spiro atoms. The Bertz CT molecular complexity index is 923. The molecule has 0 saturated heterocycles. The second kappa shape index (κ2) is 7.38. The van der Waals surface area contributed by atoms with Crippen LogP contribution in [0.5, 0.6) is 11.5 Å². The normalized spacial score (nSPS) is 10.1. The Morgan fingerprint density at radius 1 is 1.00 bits per heavy atom. The number of hydrogen-bond acceptors (Lipinski definition) is 8. The largest absolute Gasteiger partial charge is 0.493 e. The molecule has 0 unspecified atom stereocenters. The maximum atomic E-state index is 12.8. The van der Waals surface area contributed by atoms with Crippen LogP contribution in [0.4, 0.5) is 11.4 Å². The molecule has 0 fully saturated rings. The molecular formula is C16H12N2O8. The number of nitro groups is 2. The summed E-state index contributed by atoms with van der Waals surface area (Å²) in [6.45, 7) is 0. The highest BCUT2D eigenvalue weighted by Gasteiger charge is 2.28. The molecule has 0 aliphatic rings. The second-order valence-electron chi connectivity index (χ2n) is 4.93. The highest BCUT2D eigenvalue weighted by Crippen LogP contribution is 2.36. The van der Waals surface area contributed by atoms with E-state index in [1.54, 1.807) is 0 Å². The average Bonchev–Trinajstić information content (AvgIpc) is 2.65. The summed E-state index contributed by atoms with van der Waals surface area (Å²) in [5.74, 6) is -0.623. The van der Waals surface area contributed by atoms with Gasteiger partial charge >= 0.3 is 11.4 Å². The lowest BCUT2D eigenvalue weighted by Gasteiger charge is -2.13. The van der Waals surface area contributed by atoms with E-state index in [-0.39, 0.29) is 28.2 Å². The van der Waals surface area contributed by atoms with E-state index in [4.69, 9.17) is 9.47 Å². The quantitative estimate of drug-likeness (QED) is 0.318. The number of nitrogens with zero attached hydrogens (tertiary/aromatic N) is 2. The molecule has 0 aliphatic heterocycles. The molecule has 0 atom stereocenters. The van der Waals surface area contributed by atoms with E-state index in [0.29, 0.717) is 6.29 Å². The summed E-state index contributed by atoms with van der Waals surface area (Å²) in [7, 11) is 2.60. The van der Waals surface area contributed by atoms with Gasteiger partial charge in [-0.25, -0.2) is 0 Å². The topological polar surface area (TPSA) is 139 Å². The molecule has 0 aromatic heterocycles. The molecule has 10 heteroatoms. The molecule has 0 saturated carbocycles. The van der Waals surface area contributed by atoms with Crippen LogP contribution in [-0.2, 0) is 0 Å². The van der Waals surface area contributed by atoms with Crippen LogP contribution in [0.25, 0.3) is 0 Å². The minimum atomic E-state index is -0.960. The number of carbonyl (C=O) groups is 2. The Kier molecular flexibility index (Phi) is 5.26. The van der Waals surface area contributed by atoms with Crippen molar-refractivity contribution >= 4 is 23.4 Å². The Labute approximate surface area is 146 Å². The van der Waals surface area contributed by atoms with E-state index < -0.39 is 27.0 Å². The van der Waals surface area contributed by atoms with Crippen LogP contribution in [0, 0.1) is 20.2 Å². The molecule has 0 heterocycles. The van der Waals surface area contributed by atoms with Crippen molar-refractivity contribution in [1.82, 2.24) is 0 Å². The van der Waals surface area contributed by atoms with Gasteiger partial charge in [0.15, 0.2) is 23.6 Å². The number of rotatable bonds is 7. The predicted octanol–water partition coefficient (Wildman–Crippen LogP) is 2.56. The first kappa shape index (κ1) is 18.5. The number of methoxy groups -OCH3 is 2. The zero-order chi connectivity index (χ0) is 19.4. The summed E-state index contributed by atoms with van der Waals surface area (Å²) in [5, 5.41) is 22.0. The number of aldehydes is 1. The van der Waals surface area contributed by atoms with Crippen LogP contribution in [0.1, 0.15) is 26.3 Å². The standard InChI is InChI=1S/C16H12N2O8/c1-25-13-6-4-10(8-19)14(16(13)26-2)15(20)9-3-5-11(17(21)22)12(7-9)18(23)24/h3-8H,1-2H3. The summed E-state index contributed by atoms with van der Waals surface area (Å²) >= 11 is 0. The van der Waals surface area contributed by atoms with Crippen molar-refractivity contribution in [2.75, 3.05) is 14.2 Å². The smallest absolute Gasteiger partial charge is 0.346 e. The van der Waals surface area contributed by atoms with Gasteiger partial charge in [0.2, 0.25) is 0 Å². The zero-order valence-electron chi connectivity index (χ0n) is 13.6. The fourth-order valence-electron chi connectivity index (χ4n) is 2.38. The molecule has 2 aromatic rings. The Balaban J connectivity index is 2.70. The third-order valence-electron chi connectivity index (χ3n) is 3.56. The van der Waals surface area contributed by atoms with E-state index >= 15 is 0 Å². The van der Waals surface area contributed by atoms with Gasteiger partial charge in [-0.1, -0.05) is 0 Å². The molecule has 134 valence electrons. The molecule has 0 aliphatic carbocycles. The maximum Gasteiger partial charge on any atom is 0.346 e. The average molecular weight is 360 g/mol. The van der Waals surface area contributed by atoms with Gasteiger partial charge in [-0.3, -0.25) is 29.8 Å². The lowest BCUT2D eigenvalue weighted by atomic mass is 9.96. The summed E-state index contributed by atoms with van der Waals surface area (Å²) in [5.41, 5.74) is -1.98. The van der Waals surface area contributed by atoms with E-state index in [2.05, 4.69) is 0 Å². The lowest BCUT2D eigenvalue weighted by Crippen LogP contribution is -2.10. The molecule has 2 rings (SSSR count). The van der Waals surface area contributed by atoms with E-state index in [9.17, 15) is 29.8 Å². The van der Waals surface area contributed by atoms with Gasteiger partial charge < -0.3 is 9.47 Å². The lowest BCUT2D eigenvalue weighted by molar-refractivity contribution is -0.422. The number of ether oxygens (including phenoxy) is 2. The number of hydrogen-bond donors (Lipinski definition) is 0. The fourth-order valence-corrected chi connectivity index (χ4v) is 2.38. The molecule has 0 amide bonds. The van der Waals surface area contributed by atoms with Crippen LogP contribution in [0.3, 0.4) is 0 Å². The first-order valence-electron chi connectivity index (χ1n) is 7.03. The third kappa shape index (κ3) is 3.20. The van der Waals surface area contributed by atoms with Crippen LogP contribution in [-0.4, -0.2) is 36.1 Å².